The molecule has 0 fully saturated rings. The molecule has 2 rings (SSSR count). The Hall–Kier alpha value is -2.90. The second-order valence-electron chi connectivity index (χ2n) is 5.40. The number of carbonyl (C=O) groups is 1. The highest BCUT2D eigenvalue weighted by molar-refractivity contribution is 5.91. The summed E-state index contributed by atoms with van der Waals surface area (Å²) in [6, 6.07) is 9.46. The van der Waals surface area contributed by atoms with Crippen molar-refractivity contribution in [3.63, 3.8) is 0 Å². The van der Waals surface area contributed by atoms with Crippen molar-refractivity contribution in [3.05, 3.63) is 53.6 Å². The number of halogens is 3. The van der Waals surface area contributed by atoms with Crippen molar-refractivity contribution >= 4 is 11.7 Å². The van der Waals surface area contributed by atoms with Crippen LogP contribution in [0.15, 0.2) is 42.5 Å². The van der Waals surface area contributed by atoms with E-state index in [1.165, 1.54) is 20.3 Å². The number of rotatable bonds is 6. The second kappa shape index (κ2) is 8.46. The predicted octanol–water partition coefficient (Wildman–Crippen LogP) is 4.09. The van der Waals surface area contributed by atoms with Crippen molar-refractivity contribution < 1.29 is 27.4 Å². The number of ether oxygens (including phenoxy) is 2. The summed E-state index contributed by atoms with van der Waals surface area (Å²) in [5.74, 6) is 1.01. The Labute approximate surface area is 149 Å². The summed E-state index contributed by atoms with van der Waals surface area (Å²) >= 11 is 0. The highest BCUT2D eigenvalue weighted by Crippen LogP contribution is 2.30. The Bertz CT molecular complexity index is 764. The van der Waals surface area contributed by atoms with Gasteiger partial charge in [-0.2, -0.15) is 13.2 Å². The van der Waals surface area contributed by atoms with E-state index in [4.69, 9.17) is 9.47 Å². The van der Waals surface area contributed by atoms with Crippen LogP contribution in [0.3, 0.4) is 0 Å². The van der Waals surface area contributed by atoms with Gasteiger partial charge < -0.3 is 20.1 Å². The molecule has 0 saturated heterocycles. The van der Waals surface area contributed by atoms with Gasteiger partial charge in [0.05, 0.1) is 25.5 Å². The van der Waals surface area contributed by atoms with Crippen molar-refractivity contribution in [1.82, 2.24) is 5.32 Å². The SMILES string of the molecule is COc1ccc(NC(=O)NCCc2cccc(C(F)(F)F)c2)c(OC)c1. The molecule has 0 bridgehead atoms. The van der Waals surface area contributed by atoms with Gasteiger partial charge in [-0.3, -0.25) is 0 Å². The molecule has 140 valence electrons. The Morgan fingerprint density at radius 1 is 1.08 bits per heavy atom. The number of urea groups is 1. The van der Waals surface area contributed by atoms with Gasteiger partial charge in [-0.15, -0.1) is 0 Å². The van der Waals surface area contributed by atoms with Crippen LogP contribution in [0.2, 0.25) is 0 Å². The summed E-state index contributed by atoms with van der Waals surface area (Å²) < 4.78 is 48.3. The van der Waals surface area contributed by atoms with Gasteiger partial charge in [0.15, 0.2) is 0 Å². The number of methoxy groups -OCH3 is 2. The van der Waals surface area contributed by atoms with Crippen LogP contribution in [0.4, 0.5) is 23.7 Å². The third-order valence-corrected chi connectivity index (χ3v) is 3.61. The first-order valence-electron chi connectivity index (χ1n) is 7.76. The standard InChI is InChI=1S/C18H19F3N2O3/c1-25-14-6-7-15(16(11-14)26-2)23-17(24)22-9-8-12-4-3-5-13(10-12)18(19,20)21/h3-7,10-11H,8-9H2,1-2H3,(H2,22,23,24). The molecule has 0 aliphatic rings. The Balaban J connectivity index is 1.90. The van der Waals surface area contributed by atoms with Crippen molar-refractivity contribution in [2.75, 3.05) is 26.1 Å². The minimum Gasteiger partial charge on any atom is -0.497 e. The van der Waals surface area contributed by atoms with Crippen LogP contribution in [0.25, 0.3) is 0 Å². The normalized spacial score (nSPS) is 11.0. The summed E-state index contributed by atoms with van der Waals surface area (Å²) in [5.41, 5.74) is 0.231. The molecule has 0 radical (unpaired) electrons. The Kier molecular flexibility index (Phi) is 6.32. The molecule has 2 aromatic rings. The molecule has 0 atom stereocenters. The lowest BCUT2D eigenvalue weighted by Gasteiger charge is -2.13. The maximum atomic E-state index is 12.7. The number of carbonyl (C=O) groups excluding carboxylic acids is 1. The van der Waals surface area contributed by atoms with E-state index >= 15 is 0 Å². The molecule has 5 nitrogen and oxygen atoms in total. The van der Waals surface area contributed by atoms with Gasteiger partial charge in [0, 0.05) is 12.6 Å². The summed E-state index contributed by atoms with van der Waals surface area (Å²) in [4.78, 5) is 12.0. The number of amides is 2. The van der Waals surface area contributed by atoms with Crippen LogP contribution in [0.1, 0.15) is 11.1 Å². The van der Waals surface area contributed by atoms with Crippen molar-refractivity contribution in [1.29, 1.82) is 0 Å². The van der Waals surface area contributed by atoms with Gasteiger partial charge in [0.25, 0.3) is 0 Å². The van der Waals surface area contributed by atoms with Crippen LogP contribution in [0, 0.1) is 0 Å². The van der Waals surface area contributed by atoms with E-state index in [0.717, 1.165) is 12.1 Å². The maximum absolute atomic E-state index is 12.7. The van der Waals surface area contributed by atoms with Gasteiger partial charge in [-0.25, -0.2) is 4.79 Å². The van der Waals surface area contributed by atoms with Gasteiger partial charge in [-0.1, -0.05) is 18.2 Å². The van der Waals surface area contributed by atoms with Gasteiger partial charge >= 0.3 is 12.2 Å². The smallest absolute Gasteiger partial charge is 0.416 e. The van der Waals surface area contributed by atoms with E-state index in [0.29, 0.717) is 22.7 Å². The van der Waals surface area contributed by atoms with Crippen LogP contribution in [-0.2, 0) is 12.6 Å². The summed E-state index contributed by atoms with van der Waals surface area (Å²) in [5, 5.41) is 5.22. The molecule has 0 unspecified atom stereocenters. The lowest BCUT2D eigenvalue weighted by molar-refractivity contribution is -0.137. The van der Waals surface area contributed by atoms with E-state index in [1.54, 1.807) is 24.3 Å². The molecule has 0 aliphatic carbocycles. The van der Waals surface area contributed by atoms with E-state index < -0.39 is 17.8 Å². The zero-order valence-corrected chi connectivity index (χ0v) is 14.3. The van der Waals surface area contributed by atoms with Gasteiger partial charge in [-0.05, 0) is 30.2 Å². The quantitative estimate of drug-likeness (QED) is 0.808. The summed E-state index contributed by atoms with van der Waals surface area (Å²) in [6.07, 6.45) is -4.11. The van der Waals surface area contributed by atoms with Crippen molar-refractivity contribution in [2.45, 2.75) is 12.6 Å². The van der Waals surface area contributed by atoms with Crippen molar-refractivity contribution in [2.24, 2.45) is 0 Å². The Morgan fingerprint density at radius 3 is 2.50 bits per heavy atom. The van der Waals surface area contributed by atoms with Crippen LogP contribution >= 0.6 is 0 Å². The first-order valence-corrected chi connectivity index (χ1v) is 7.76. The zero-order valence-electron chi connectivity index (χ0n) is 14.3. The van der Waals surface area contributed by atoms with E-state index in [1.807, 2.05) is 0 Å². The highest BCUT2D eigenvalue weighted by Gasteiger charge is 2.30. The molecule has 2 aromatic carbocycles. The monoisotopic (exact) mass is 368 g/mol. The molecule has 2 amide bonds. The summed E-state index contributed by atoms with van der Waals surface area (Å²) in [7, 11) is 2.98. The van der Waals surface area contributed by atoms with Gasteiger partial charge in [0.2, 0.25) is 0 Å². The number of nitrogens with one attached hydrogen (secondary N) is 2. The third-order valence-electron chi connectivity index (χ3n) is 3.61. The molecule has 26 heavy (non-hydrogen) atoms. The summed E-state index contributed by atoms with van der Waals surface area (Å²) in [6.45, 7) is 0.186. The van der Waals surface area contributed by atoms with E-state index in [9.17, 15) is 18.0 Å². The molecule has 8 heteroatoms. The molecule has 0 saturated carbocycles. The van der Waals surface area contributed by atoms with Gasteiger partial charge in [0.1, 0.15) is 11.5 Å². The molecular formula is C18H19F3N2O3. The molecule has 0 spiro atoms. The molecular weight excluding hydrogens is 349 g/mol. The number of alkyl halides is 3. The fourth-order valence-corrected chi connectivity index (χ4v) is 2.29. The van der Waals surface area contributed by atoms with E-state index in [-0.39, 0.29) is 13.0 Å². The minimum atomic E-state index is -4.38. The fourth-order valence-electron chi connectivity index (χ4n) is 2.29. The maximum Gasteiger partial charge on any atom is 0.416 e. The third kappa shape index (κ3) is 5.30. The number of anilines is 1. The first-order chi connectivity index (χ1) is 12.3. The average Bonchev–Trinajstić information content (AvgIpc) is 2.61. The lowest BCUT2D eigenvalue weighted by Crippen LogP contribution is -2.30. The number of benzene rings is 2. The first kappa shape index (κ1) is 19.4. The predicted molar refractivity (Wildman–Crippen MR) is 91.7 cm³/mol. The largest absolute Gasteiger partial charge is 0.497 e. The average molecular weight is 368 g/mol. The Morgan fingerprint density at radius 2 is 1.85 bits per heavy atom. The van der Waals surface area contributed by atoms with Crippen molar-refractivity contribution in [3.8, 4) is 11.5 Å². The van der Waals surface area contributed by atoms with Crippen LogP contribution < -0.4 is 20.1 Å². The molecule has 0 heterocycles. The molecule has 2 N–H and O–H groups in total. The van der Waals surface area contributed by atoms with Crippen LogP contribution in [0.5, 0.6) is 11.5 Å². The molecule has 0 aliphatic heterocycles. The van der Waals surface area contributed by atoms with Crippen LogP contribution in [-0.4, -0.2) is 26.8 Å². The number of hydrogen-bond donors (Lipinski definition) is 2. The number of hydrogen-bond acceptors (Lipinski definition) is 3. The fraction of sp³-hybridized carbons (Fsp3) is 0.278. The minimum absolute atomic E-state index is 0.186. The molecule has 0 aromatic heterocycles. The highest BCUT2D eigenvalue weighted by atomic mass is 19.4. The zero-order chi connectivity index (χ0) is 19.2. The van der Waals surface area contributed by atoms with E-state index in [2.05, 4.69) is 10.6 Å². The second-order valence-corrected chi connectivity index (χ2v) is 5.40. The lowest BCUT2D eigenvalue weighted by atomic mass is 10.1. The topological polar surface area (TPSA) is 59.6 Å².